The summed E-state index contributed by atoms with van der Waals surface area (Å²) in [4.78, 5) is 43.8. The third-order valence-electron chi connectivity index (χ3n) is 5.06. The number of likely N-dealkylation sites (N-methyl/N-ethyl adjacent to an activating group) is 1. The molecule has 3 rings (SSSR count). The normalized spacial score (nSPS) is 12.2. The number of rotatable bonds is 5. The summed E-state index contributed by atoms with van der Waals surface area (Å²) in [6.45, 7) is 1.50. The molecule has 0 saturated carbocycles. The van der Waals surface area contributed by atoms with E-state index < -0.39 is 11.2 Å². The van der Waals surface area contributed by atoms with Gasteiger partial charge in [0.1, 0.15) is 12.3 Å². The van der Waals surface area contributed by atoms with Gasteiger partial charge in [-0.25, -0.2) is 14.3 Å². The van der Waals surface area contributed by atoms with Crippen LogP contribution >= 0.6 is 0 Å². The number of ether oxygens (including phenoxy) is 1. The highest BCUT2D eigenvalue weighted by atomic mass is 16.5. The molecule has 1 amide bonds. The smallest absolute Gasteiger partial charge is 0.332 e. The van der Waals surface area contributed by atoms with Gasteiger partial charge in [0.2, 0.25) is 5.91 Å². The van der Waals surface area contributed by atoms with E-state index in [1.807, 2.05) is 31.2 Å². The lowest BCUT2D eigenvalue weighted by Gasteiger charge is -2.26. The van der Waals surface area contributed by atoms with E-state index in [0.29, 0.717) is 5.75 Å². The lowest BCUT2D eigenvalue weighted by molar-refractivity contribution is -0.132. The maximum Gasteiger partial charge on any atom is 0.332 e. The van der Waals surface area contributed by atoms with Crippen molar-refractivity contribution >= 4 is 17.1 Å². The summed E-state index contributed by atoms with van der Waals surface area (Å²) in [5.41, 5.74) is 0.281. The van der Waals surface area contributed by atoms with Gasteiger partial charge in [0.05, 0.1) is 19.5 Å². The van der Waals surface area contributed by atoms with E-state index in [2.05, 4.69) is 4.98 Å². The Kier molecular flexibility index (Phi) is 5.08. The number of nitrogens with zero attached hydrogens (tertiary/aromatic N) is 5. The number of aromatic nitrogens is 4. The summed E-state index contributed by atoms with van der Waals surface area (Å²) in [5.74, 6) is 0.304. The number of para-hydroxylation sites is 1. The first-order valence-corrected chi connectivity index (χ1v) is 8.77. The highest BCUT2D eigenvalue weighted by molar-refractivity contribution is 5.77. The van der Waals surface area contributed by atoms with Gasteiger partial charge in [-0.05, 0) is 13.0 Å². The fourth-order valence-corrected chi connectivity index (χ4v) is 3.22. The molecule has 0 aliphatic carbocycles. The van der Waals surface area contributed by atoms with Gasteiger partial charge in [0.25, 0.3) is 5.56 Å². The van der Waals surface area contributed by atoms with E-state index in [4.69, 9.17) is 4.74 Å². The van der Waals surface area contributed by atoms with Gasteiger partial charge in [-0.1, -0.05) is 18.2 Å². The molecule has 2 aromatic heterocycles. The lowest BCUT2D eigenvalue weighted by Crippen LogP contribution is -2.44. The van der Waals surface area contributed by atoms with E-state index >= 15 is 0 Å². The molecule has 0 N–H and O–H groups in total. The van der Waals surface area contributed by atoms with Crippen LogP contribution in [0.25, 0.3) is 11.2 Å². The number of aryl methyl sites for hydroxylation is 2. The molecule has 28 heavy (non-hydrogen) atoms. The van der Waals surface area contributed by atoms with E-state index in [0.717, 1.165) is 10.1 Å². The molecule has 0 bridgehead atoms. The molecule has 0 aliphatic rings. The minimum atomic E-state index is -0.581. The van der Waals surface area contributed by atoms with Gasteiger partial charge in [0, 0.05) is 26.7 Å². The molecule has 1 aromatic carbocycles. The number of hydrogen-bond acceptors (Lipinski definition) is 5. The van der Waals surface area contributed by atoms with Crippen molar-refractivity contribution in [2.75, 3.05) is 14.2 Å². The topological polar surface area (TPSA) is 91.4 Å². The molecule has 0 radical (unpaired) electrons. The Labute approximate surface area is 161 Å². The molecule has 0 saturated heterocycles. The molecule has 0 aliphatic heterocycles. The minimum Gasteiger partial charge on any atom is -0.496 e. The summed E-state index contributed by atoms with van der Waals surface area (Å²) < 4.78 is 9.12. The van der Waals surface area contributed by atoms with Crippen LogP contribution in [0.4, 0.5) is 0 Å². The van der Waals surface area contributed by atoms with Crippen molar-refractivity contribution in [3.63, 3.8) is 0 Å². The van der Waals surface area contributed by atoms with Crippen molar-refractivity contribution < 1.29 is 9.53 Å². The van der Waals surface area contributed by atoms with Crippen LogP contribution < -0.4 is 16.0 Å². The molecular formula is C19H23N5O4. The first kappa shape index (κ1) is 19.4. The third kappa shape index (κ3) is 3.08. The molecule has 0 spiro atoms. The number of hydrogen-bond donors (Lipinski definition) is 0. The average molecular weight is 385 g/mol. The summed E-state index contributed by atoms with van der Waals surface area (Å²) in [6.07, 6.45) is 1.47. The second-order valence-electron chi connectivity index (χ2n) is 6.68. The number of fused-ring (bicyclic) bond motifs is 1. The standard InChI is InChI=1S/C19H23N5O4/c1-12(13-8-6-7-9-14(13)28-5)22(3)15(25)10-24-18(26)16-17(20-11-21(16)2)23(4)19(24)27/h6-9,11-12H,10H2,1-5H3. The number of carbonyl (C=O) groups is 1. The largest absolute Gasteiger partial charge is 0.496 e. The fourth-order valence-electron chi connectivity index (χ4n) is 3.22. The highest BCUT2D eigenvalue weighted by Gasteiger charge is 2.23. The molecule has 9 nitrogen and oxygen atoms in total. The number of carbonyl (C=O) groups excluding carboxylic acids is 1. The van der Waals surface area contributed by atoms with Crippen molar-refractivity contribution in [1.82, 2.24) is 23.6 Å². The van der Waals surface area contributed by atoms with Crippen LogP contribution in [0.5, 0.6) is 5.75 Å². The number of amides is 1. The molecular weight excluding hydrogens is 362 g/mol. The Morgan fingerprint density at radius 3 is 2.61 bits per heavy atom. The SMILES string of the molecule is COc1ccccc1C(C)N(C)C(=O)Cn1c(=O)c2c(ncn2C)n(C)c1=O. The predicted molar refractivity (Wildman–Crippen MR) is 104 cm³/mol. The molecule has 148 valence electrons. The van der Waals surface area contributed by atoms with Crippen molar-refractivity contribution in [2.24, 2.45) is 14.1 Å². The maximum atomic E-state index is 12.9. The van der Waals surface area contributed by atoms with Crippen LogP contribution in [0.15, 0.2) is 40.2 Å². The average Bonchev–Trinajstić information content (AvgIpc) is 3.09. The first-order chi connectivity index (χ1) is 13.3. The van der Waals surface area contributed by atoms with E-state index in [9.17, 15) is 14.4 Å². The van der Waals surface area contributed by atoms with Crippen LogP contribution in [0.2, 0.25) is 0 Å². The number of benzene rings is 1. The van der Waals surface area contributed by atoms with Gasteiger partial charge in [-0.2, -0.15) is 0 Å². The Hall–Kier alpha value is -3.36. The van der Waals surface area contributed by atoms with Crippen LogP contribution in [0.3, 0.4) is 0 Å². The highest BCUT2D eigenvalue weighted by Crippen LogP contribution is 2.28. The van der Waals surface area contributed by atoms with Gasteiger partial charge < -0.3 is 14.2 Å². The van der Waals surface area contributed by atoms with Crippen molar-refractivity contribution in [3.8, 4) is 5.75 Å². The van der Waals surface area contributed by atoms with Gasteiger partial charge in [-0.15, -0.1) is 0 Å². The Balaban J connectivity index is 1.96. The van der Waals surface area contributed by atoms with E-state index in [1.54, 1.807) is 25.8 Å². The monoisotopic (exact) mass is 385 g/mol. The van der Waals surface area contributed by atoms with Crippen LogP contribution in [-0.2, 0) is 25.4 Å². The minimum absolute atomic E-state index is 0.273. The zero-order valence-electron chi connectivity index (χ0n) is 16.5. The number of methoxy groups -OCH3 is 1. The predicted octanol–water partition coefficient (Wildman–Crippen LogP) is 0.662. The van der Waals surface area contributed by atoms with Gasteiger partial charge >= 0.3 is 5.69 Å². The Morgan fingerprint density at radius 2 is 1.93 bits per heavy atom. The van der Waals surface area contributed by atoms with Gasteiger partial charge in [0.15, 0.2) is 11.2 Å². The second kappa shape index (κ2) is 7.34. The molecule has 0 fully saturated rings. The fraction of sp³-hybridized carbons (Fsp3) is 0.368. The van der Waals surface area contributed by atoms with E-state index in [1.165, 1.54) is 22.8 Å². The van der Waals surface area contributed by atoms with Crippen LogP contribution in [0, 0.1) is 0 Å². The maximum absolute atomic E-state index is 12.9. The summed E-state index contributed by atoms with van der Waals surface area (Å²) in [6, 6.07) is 7.11. The lowest BCUT2D eigenvalue weighted by atomic mass is 10.1. The second-order valence-corrected chi connectivity index (χ2v) is 6.68. The summed E-state index contributed by atoms with van der Waals surface area (Å²) in [5, 5.41) is 0. The summed E-state index contributed by atoms with van der Waals surface area (Å²) in [7, 11) is 6.40. The van der Waals surface area contributed by atoms with Crippen molar-refractivity contribution in [3.05, 3.63) is 57.0 Å². The number of imidazole rings is 1. The first-order valence-electron chi connectivity index (χ1n) is 8.77. The zero-order chi connectivity index (χ0) is 20.6. The molecule has 1 atom stereocenters. The molecule has 9 heteroatoms. The van der Waals surface area contributed by atoms with Gasteiger partial charge in [-0.3, -0.25) is 14.2 Å². The van der Waals surface area contributed by atoms with Crippen LogP contribution in [-0.4, -0.2) is 43.6 Å². The zero-order valence-corrected chi connectivity index (χ0v) is 16.5. The van der Waals surface area contributed by atoms with E-state index in [-0.39, 0.29) is 29.7 Å². The van der Waals surface area contributed by atoms with Crippen LogP contribution in [0.1, 0.15) is 18.5 Å². The quantitative estimate of drug-likeness (QED) is 0.644. The van der Waals surface area contributed by atoms with Crippen molar-refractivity contribution in [2.45, 2.75) is 19.5 Å². The Bertz CT molecular complexity index is 1160. The molecule has 1 unspecified atom stereocenters. The summed E-state index contributed by atoms with van der Waals surface area (Å²) >= 11 is 0. The molecule has 3 aromatic rings. The molecule has 2 heterocycles. The third-order valence-corrected chi connectivity index (χ3v) is 5.06. The van der Waals surface area contributed by atoms with Crippen molar-refractivity contribution in [1.29, 1.82) is 0 Å². The Morgan fingerprint density at radius 1 is 1.25 bits per heavy atom.